The summed E-state index contributed by atoms with van der Waals surface area (Å²) in [6.45, 7) is 2.05. The Hall–Kier alpha value is -1.22. The first-order valence-electron chi connectivity index (χ1n) is 4.99. The van der Waals surface area contributed by atoms with E-state index >= 15 is 0 Å². The molecule has 1 aliphatic rings. The lowest BCUT2D eigenvalue weighted by Gasteiger charge is -2.18. The van der Waals surface area contributed by atoms with E-state index < -0.39 is 0 Å². The summed E-state index contributed by atoms with van der Waals surface area (Å²) >= 11 is 0. The number of rotatable bonds is 2. The third-order valence-electron chi connectivity index (χ3n) is 2.70. The summed E-state index contributed by atoms with van der Waals surface area (Å²) in [7, 11) is 0. The van der Waals surface area contributed by atoms with Gasteiger partial charge in [0.25, 0.3) is 0 Å². The first kappa shape index (κ1) is 9.34. The molecule has 2 N–H and O–H groups in total. The first-order valence-corrected chi connectivity index (χ1v) is 4.99. The number of anilines is 1. The first-order chi connectivity index (χ1) is 6.81. The second-order valence-electron chi connectivity index (χ2n) is 3.67. The largest absolute Gasteiger partial charge is 0.508 e. The van der Waals surface area contributed by atoms with E-state index in [-0.39, 0.29) is 12.4 Å². The minimum atomic E-state index is -0.104. The molecule has 0 radical (unpaired) electrons. The van der Waals surface area contributed by atoms with Gasteiger partial charge in [-0.25, -0.2) is 0 Å². The Morgan fingerprint density at radius 3 is 2.57 bits per heavy atom. The van der Waals surface area contributed by atoms with Crippen LogP contribution in [0.1, 0.15) is 18.4 Å². The highest BCUT2D eigenvalue weighted by molar-refractivity contribution is 5.53. The zero-order chi connectivity index (χ0) is 9.97. The highest BCUT2D eigenvalue weighted by atomic mass is 16.3. The van der Waals surface area contributed by atoms with E-state index in [1.165, 1.54) is 12.8 Å². The maximum Gasteiger partial charge on any atom is 0.121 e. The Balaban J connectivity index is 2.25. The number of aliphatic hydroxyl groups is 1. The Bertz CT molecular complexity index is 319. The van der Waals surface area contributed by atoms with Gasteiger partial charge in [-0.15, -0.1) is 0 Å². The van der Waals surface area contributed by atoms with Crippen LogP contribution >= 0.6 is 0 Å². The molecule has 0 aromatic heterocycles. The number of hydrogen-bond donors (Lipinski definition) is 2. The van der Waals surface area contributed by atoms with E-state index in [1.807, 2.05) is 12.1 Å². The van der Waals surface area contributed by atoms with Crippen LogP contribution in [0, 0.1) is 0 Å². The Morgan fingerprint density at radius 1 is 1.21 bits per heavy atom. The molecule has 0 unspecified atom stereocenters. The van der Waals surface area contributed by atoms with Crippen LogP contribution in [-0.4, -0.2) is 23.3 Å². The molecule has 0 bridgehead atoms. The Labute approximate surface area is 83.6 Å². The zero-order valence-electron chi connectivity index (χ0n) is 8.11. The molecule has 0 aliphatic carbocycles. The van der Waals surface area contributed by atoms with Crippen LogP contribution in [0.4, 0.5) is 5.69 Å². The average molecular weight is 193 g/mol. The molecule has 0 amide bonds. The Morgan fingerprint density at radius 2 is 1.93 bits per heavy atom. The lowest BCUT2D eigenvalue weighted by Crippen LogP contribution is -2.17. The normalized spacial score (nSPS) is 16.2. The summed E-state index contributed by atoms with van der Waals surface area (Å²) in [6.07, 6.45) is 2.46. The van der Waals surface area contributed by atoms with Gasteiger partial charge in [0.15, 0.2) is 0 Å². The molecule has 1 aromatic carbocycles. The van der Waals surface area contributed by atoms with Gasteiger partial charge in [-0.3, -0.25) is 0 Å². The van der Waals surface area contributed by atoms with E-state index in [0.29, 0.717) is 5.56 Å². The molecule has 1 saturated heterocycles. The second-order valence-corrected chi connectivity index (χ2v) is 3.67. The number of benzene rings is 1. The standard InChI is InChI=1S/C11H15NO2/c13-8-9-7-10(3-4-11(9)14)12-5-1-2-6-12/h3-4,7,13-14H,1-2,5-6,8H2. The number of phenols is 1. The van der Waals surface area contributed by atoms with Crippen molar-refractivity contribution in [3.63, 3.8) is 0 Å². The van der Waals surface area contributed by atoms with E-state index in [9.17, 15) is 5.11 Å². The predicted octanol–water partition coefficient (Wildman–Crippen LogP) is 1.48. The summed E-state index contributed by atoms with van der Waals surface area (Å²) in [5.74, 6) is 0.176. The van der Waals surface area contributed by atoms with Crippen LogP contribution in [0.3, 0.4) is 0 Å². The van der Waals surface area contributed by atoms with Crippen LogP contribution < -0.4 is 4.90 Å². The van der Waals surface area contributed by atoms with Gasteiger partial charge in [0.05, 0.1) is 6.61 Å². The molecule has 0 atom stereocenters. The number of aliphatic hydroxyl groups excluding tert-OH is 1. The Kier molecular flexibility index (Phi) is 2.59. The second kappa shape index (κ2) is 3.88. The van der Waals surface area contributed by atoms with Crippen molar-refractivity contribution >= 4 is 5.69 Å². The van der Waals surface area contributed by atoms with Crippen molar-refractivity contribution in [1.29, 1.82) is 0 Å². The topological polar surface area (TPSA) is 43.7 Å². The molecule has 0 spiro atoms. The fourth-order valence-electron chi connectivity index (χ4n) is 1.87. The van der Waals surface area contributed by atoms with Crippen LogP contribution in [0.15, 0.2) is 18.2 Å². The van der Waals surface area contributed by atoms with Crippen molar-refractivity contribution < 1.29 is 10.2 Å². The minimum absolute atomic E-state index is 0.104. The van der Waals surface area contributed by atoms with Gasteiger partial charge in [-0.1, -0.05) is 0 Å². The quantitative estimate of drug-likeness (QED) is 0.747. The molecule has 1 fully saturated rings. The third-order valence-corrected chi connectivity index (χ3v) is 2.70. The number of nitrogens with zero attached hydrogens (tertiary/aromatic N) is 1. The van der Waals surface area contributed by atoms with Crippen molar-refractivity contribution in [3.05, 3.63) is 23.8 Å². The van der Waals surface area contributed by atoms with Gasteiger partial charge in [0, 0.05) is 24.3 Å². The molecule has 76 valence electrons. The van der Waals surface area contributed by atoms with Crippen LogP contribution in [0.5, 0.6) is 5.75 Å². The predicted molar refractivity (Wildman–Crippen MR) is 55.5 cm³/mol. The average Bonchev–Trinajstić information content (AvgIpc) is 2.71. The highest BCUT2D eigenvalue weighted by Crippen LogP contribution is 2.26. The van der Waals surface area contributed by atoms with Crippen LogP contribution in [0.2, 0.25) is 0 Å². The summed E-state index contributed by atoms with van der Waals surface area (Å²) in [5.41, 5.74) is 1.71. The fourth-order valence-corrected chi connectivity index (χ4v) is 1.87. The smallest absolute Gasteiger partial charge is 0.121 e. The monoisotopic (exact) mass is 193 g/mol. The van der Waals surface area contributed by atoms with Gasteiger partial charge in [-0.2, -0.15) is 0 Å². The van der Waals surface area contributed by atoms with Crippen LogP contribution in [0.25, 0.3) is 0 Å². The zero-order valence-corrected chi connectivity index (χ0v) is 8.11. The maximum atomic E-state index is 9.40. The summed E-state index contributed by atoms with van der Waals surface area (Å²) in [5, 5.41) is 18.4. The fraction of sp³-hybridized carbons (Fsp3) is 0.455. The molecular weight excluding hydrogens is 178 g/mol. The lowest BCUT2D eigenvalue weighted by atomic mass is 10.2. The van der Waals surface area contributed by atoms with Gasteiger partial charge in [-0.05, 0) is 31.0 Å². The van der Waals surface area contributed by atoms with E-state index in [2.05, 4.69) is 4.90 Å². The van der Waals surface area contributed by atoms with Crippen LogP contribution in [-0.2, 0) is 6.61 Å². The van der Waals surface area contributed by atoms with E-state index in [4.69, 9.17) is 5.11 Å². The minimum Gasteiger partial charge on any atom is -0.508 e. The molecule has 14 heavy (non-hydrogen) atoms. The summed E-state index contributed by atoms with van der Waals surface area (Å²) in [4.78, 5) is 2.28. The van der Waals surface area contributed by atoms with Crippen molar-refractivity contribution in [2.24, 2.45) is 0 Å². The van der Waals surface area contributed by atoms with Gasteiger partial charge in [0.1, 0.15) is 5.75 Å². The van der Waals surface area contributed by atoms with E-state index in [0.717, 1.165) is 18.8 Å². The SMILES string of the molecule is OCc1cc(N2CCCC2)ccc1O. The van der Waals surface area contributed by atoms with Crippen molar-refractivity contribution in [2.75, 3.05) is 18.0 Å². The molecule has 1 heterocycles. The van der Waals surface area contributed by atoms with Crippen molar-refractivity contribution in [3.8, 4) is 5.75 Å². The molecule has 3 nitrogen and oxygen atoms in total. The molecule has 2 rings (SSSR count). The lowest BCUT2D eigenvalue weighted by molar-refractivity contribution is 0.275. The van der Waals surface area contributed by atoms with Gasteiger partial charge >= 0.3 is 0 Å². The molecule has 0 saturated carbocycles. The molecule has 1 aliphatic heterocycles. The molecule has 1 aromatic rings. The highest BCUT2D eigenvalue weighted by Gasteiger charge is 2.13. The van der Waals surface area contributed by atoms with Crippen molar-refractivity contribution in [2.45, 2.75) is 19.4 Å². The molecule has 3 heteroatoms. The number of hydrogen-bond acceptors (Lipinski definition) is 3. The third kappa shape index (κ3) is 1.68. The maximum absolute atomic E-state index is 9.40. The number of aromatic hydroxyl groups is 1. The summed E-state index contributed by atoms with van der Waals surface area (Å²) in [6, 6.07) is 5.42. The summed E-state index contributed by atoms with van der Waals surface area (Å²) < 4.78 is 0. The van der Waals surface area contributed by atoms with Gasteiger partial charge in [0.2, 0.25) is 0 Å². The van der Waals surface area contributed by atoms with Crippen molar-refractivity contribution in [1.82, 2.24) is 0 Å². The van der Waals surface area contributed by atoms with E-state index in [1.54, 1.807) is 6.07 Å². The van der Waals surface area contributed by atoms with Gasteiger partial charge < -0.3 is 15.1 Å². The molecular formula is C11H15NO2.